The molecule has 2 aliphatic rings. The average Bonchev–Trinajstić information content (AvgIpc) is 3.50. The van der Waals surface area contributed by atoms with E-state index in [0.717, 1.165) is 48.2 Å². The Bertz CT molecular complexity index is 1320. The lowest BCUT2D eigenvalue weighted by molar-refractivity contribution is -0.0236. The average molecular weight is 432 g/mol. The topological polar surface area (TPSA) is 100 Å². The number of likely N-dealkylation sites (tertiary alicyclic amines) is 1. The normalized spacial score (nSPS) is 23.1. The van der Waals surface area contributed by atoms with Gasteiger partial charge in [0, 0.05) is 42.7 Å². The van der Waals surface area contributed by atoms with Gasteiger partial charge in [0.15, 0.2) is 0 Å². The summed E-state index contributed by atoms with van der Waals surface area (Å²) in [6, 6.07) is 6.12. The minimum Gasteiger partial charge on any atom is -0.390 e. The first kappa shape index (κ1) is 19.2. The second-order valence-electron chi connectivity index (χ2n) is 9.18. The molecular formula is C23H25N7O2. The molecule has 2 N–H and O–H groups in total. The highest BCUT2D eigenvalue weighted by atomic mass is 16.3. The van der Waals surface area contributed by atoms with E-state index < -0.39 is 5.60 Å². The predicted octanol–water partition coefficient (Wildman–Crippen LogP) is 2.61. The van der Waals surface area contributed by atoms with Crippen LogP contribution in [-0.4, -0.2) is 64.6 Å². The molecule has 0 aromatic carbocycles. The van der Waals surface area contributed by atoms with Crippen LogP contribution in [-0.2, 0) is 0 Å². The third-order valence-corrected chi connectivity index (χ3v) is 6.55. The number of aliphatic hydroxyl groups is 1. The third kappa shape index (κ3) is 3.20. The summed E-state index contributed by atoms with van der Waals surface area (Å²) in [5.74, 6) is 0.576. The standard InChI is InChI=1S/C23H25N7O2/c1-23(32)10-16(11-23)26-22-25-12-18-17(6-9-30(18)27-22)15-4-5-20-24-13-19(29(20)14-15)21(31)28-7-2-3-8-28/h4-6,9,12-14,16,32H,2-3,7-8,10-11H2,1H3,(H,26,27). The Labute approximate surface area is 184 Å². The van der Waals surface area contributed by atoms with Gasteiger partial charge < -0.3 is 15.3 Å². The number of rotatable bonds is 4. The Morgan fingerprint density at radius 2 is 1.97 bits per heavy atom. The Morgan fingerprint density at radius 1 is 1.16 bits per heavy atom. The molecular weight excluding hydrogens is 406 g/mol. The van der Waals surface area contributed by atoms with Crippen molar-refractivity contribution < 1.29 is 9.90 Å². The van der Waals surface area contributed by atoms with Crippen molar-refractivity contribution in [2.45, 2.75) is 44.2 Å². The second-order valence-corrected chi connectivity index (χ2v) is 9.18. The van der Waals surface area contributed by atoms with Crippen LogP contribution in [0.2, 0.25) is 0 Å². The number of fused-ring (bicyclic) bond motifs is 2. The molecule has 6 rings (SSSR count). The first-order valence-electron chi connectivity index (χ1n) is 11.1. The highest BCUT2D eigenvalue weighted by Gasteiger charge is 2.38. The number of nitrogens with zero attached hydrogens (tertiary/aromatic N) is 6. The fraction of sp³-hybridized carbons (Fsp3) is 0.391. The molecule has 164 valence electrons. The van der Waals surface area contributed by atoms with E-state index in [-0.39, 0.29) is 11.9 Å². The monoisotopic (exact) mass is 431 g/mol. The summed E-state index contributed by atoms with van der Waals surface area (Å²) in [6.45, 7) is 3.46. The number of carbonyl (C=O) groups is 1. The summed E-state index contributed by atoms with van der Waals surface area (Å²) in [4.78, 5) is 23.7. The van der Waals surface area contributed by atoms with Crippen molar-refractivity contribution in [3.63, 3.8) is 0 Å². The van der Waals surface area contributed by atoms with E-state index in [2.05, 4.69) is 20.4 Å². The zero-order chi connectivity index (χ0) is 21.9. The van der Waals surface area contributed by atoms with Crippen molar-refractivity contribution in [3.05, 3.63) is 48.7 Å². The van der Waals surface area contributed by atoms with Gasteiger partial charge in [-0.15, -0.1) is 5.10 Å². The van der Waals surface area contributed by atoms with Crippen LogP contribution in [0.1, 0.15) is 43.1 Å². The summed E-state index contributed by atoms with van der Waals surface area (Å²) < 4.78 is 3.68. The molecule has 32 heavy (non-hydrogen) atoms. The molecule has 5 heterocycles. The molecule has 0 atom stereocenters. The maximum atomic E-state index is 12.9. The van der Waals surface area contributed by atoms with Crippen LogP contribution in [0.3, 0.4) is 0 Å². The number of imidazole rings is 1. The van der Waals surface area contributed by atoms with Crippen molar-refractivity contribution in [2.24, 2.45) is 0 Å². The minimum atomic E-state index is -0.594. The highest BCUT2D eigenvalue weighted by molar-refractivity contribution is 5.93. The molecule has 1 aliphatic heterocycles. The van der Waals surface area contributed by atoms with Crippen LogP contribution in [0.5, 0.6) is 0 Å². The van der Waals surface area contributed by atoms with Crippen molar-refractivity contribution in [2.75, 3.05) is 18.4 Å². The SMILES string of the molecule is CC1(O)CC(Nc2ncc3c(-c4ccc5ncc(C(=O)N6CCCC6)n5c4)ccn3n2)C1. The molecule has 9 nitrogen and oxygen atoms in total. The smallest absolute Gasteiger partial charge is 0.272 e. The van der Waals surface area contributed by atoms with Crippen LogP contribution in [0, 0.1) is 0 Å². The first-order chi connectivity index (χ1) is 15.5. The summed E-state index contributed by atoms with van der Waals surface area (Å²) in [5.41, 5.74) is 3.57. The van der Waals surface area contributed by atoms with Crippen molar-refractivity contribution in [1.29, 1.82) is 0 Å². The van der Waals surface area contributed by atoms with Gasteiger partial charge in [0.05, 0.1) is 23.5 Å². The van der Waals surface area contributed by atoms with E-state index in [4.69, 9.17) is 0 Å². The number of anilines is 1. The molecule has 0 bridgehead atoms. The Kier molecular flexibility index (Phi) is 4.23. The lowest BCUT2D eigenvalue weighted by atomic mass is 9.77. The van der Waals surface area contributed by atoms with Crippen LogP contribution in [0.25, 0.3) is 22.3 Å². The van der Waals surface area contributed by atoms with Gasteiger partial charge in [0.25, 0.3) is 5.91 Å². The van der Waals surface area contributed by atoms with Gasteiger partial charge in [0.1, 0.15) is 11.3 Å². The summed E-state index contributed by atoms with van der Waals surface area (Å²) in [6.07, 6.45) is 10.8. The van der Waals surface area contributed by atoms with Crippen LogP contribution in [0.15, 0.2) is 43.0 Å². The quantitative estimate of drug-likeness (QED) is 0.515. The lowest BCUT2D eigenvalue weighted by Gasteiger charge is -2.41. The lowest BCUT2D eigenvalue weighted by Crippen LogP contribution is -2.48. The maximum Gasteiger partial charge on any atom is 0.272 e. The molecule has 1 aliphatic carbocycles. The molecule has 0 spiro atoms. The number of hydrogen-bond donors (Lipinski definition) is 2. The zero-order valence-corrected chi connectivity index (χ0v) is 17.9. The number of hydrogen-bond acceptors (Lipinski definition) is 6. The molecule has 4 aromatic heterocycles. The maximum absolute atomic E-state index is 12.9. The molecule has 0 unspecified atom stereocenters. The molecule has 1 amide bonds. The fourth-order valence-corrected chi connectivity index (χ4v) is 4.88. The first-order valence-corrected chi connectivity index (χ1v) is 11.1. The van der Waals surface area contributed by atoms with E-state index in [1.807, 2.05) is 46.8 Å². The van der Waals surface area contributed by atoms with Gasteiger partial charge >= 0.3 is 0 Å². The van der Waals surface area contributed by atoms with Crippen LogP contribution in [0.4, 0.5) is 5.95 Å². The van der Waals surface area contributed by atoms with Crippen molar-refractivity contribution >= 4 is 23.0 Å². The van der Waals surface area contributed by atoms with Crippen molar-refractivity contribution in [1.82, 2.24) is 28.9 Å². The van der Waals surface area contributed by atoms with Crippen LogP contribution >= 0.6 is 0 Å². The minimum absolute atomic E-state index is 0.0305. The second kappa shape index (κ2) is 7.03. The number of amides is 1. The van der Waals surface area contributed by atoms with E-state index in [9.17, 15) is 9.90 Å². The number of nitrogens with one attached hydrogen (secondary N) is 1. The third-order valence-electron chi connectivity index (χ3n) is 6.55. The molecule has 1 saturated heterocycles. The van der Waals surface area contributed by atoms with E-state index >= 15 is 0 Å². The molecule has 2 fully saturated rings. The Balaban J connectivity index is 1.31. The number of pyridine rings is 1. The Hall–Kier alpha value is -3.46. The summed E-state index contributed by atoms with van der Waals surface area (Å²) in [7, 11) is 0. The van der Waals surface area contributed by atoms with Gasteiger partial charge in [-0.3, -0.25) is 9.20 Å². The van der Waals surface area contributed by atoms with Gasteiger partial charge in [-0.1, -0.05) is 0 Å². The molecule has 0 radical (unpaired) electrons. The molecule has 1 saturated carbocycles. The van der Waals surface area contributed by atoms with Crippen LogP contribution < -0.4 is 5.32 Å². The van der Waals surface area contributed by atoms with Gasteiger partial charge in [-0.05, 0) is 50.8 Å². The summed E-state index contributed by atoms with van der Waals surface area (Å²) >= 11 is 0. The fourth-order valence-electron chi connectivity index (χ4n) is 4.88. The summed E-state index contributed by atoms with van der Waals surface area (Å²) in [5, 5.41) is 17.8. The molecule has 4 aromatic rings. The van der Waals surface area contributed by atoms with E-state index in [0.29, 0.717) is 24.5 Å². The predicted molar refractivity (Wildman–Crippen MR) is 120 cm³/mol. The zero-order valence-electron chi connectivity index (χ0n) is 17.9. The van der Waals surface area contributed by atoms with Gasteiger partial charge in [0.2, 0.25) is 5.95 Å². The van der Waals surface area contributed by atoms with Gasteiger partial charge in [-0.2, -0.15) is 0 Å². The number of carbonyl (C=O) groups excluding carboxylic acids is 1. The van der Waals surface area contributed by atoms with Gasteiger partial charge in [-0.25, -0.2) is 14.5 Å². The van der Waals surface area contributed by atoms with Crippen molar-refractivity contribution in [3.8, 4) is 11.1 Å². The largest absolute Gasteiger partial charge is 0.390 e. The number of aromatic nitrogens is 5. The molecule has 9 heteroatoms. The van der Waals surface area contributed by atoms with E-state index in [1.54, 1.807) is 16.9 Å². The highest BCUT2D eigenvalue weighted by Crippen LogP contribution is 2.33. The van der Waals surface area contributed by atoms with E-state index in [1.165, 1.54) is 0 Å². The Morgan fingerprint density at radius 3 is 2.75 bits per heavy atom.